The van der Waals surface area contributed by atoms with E-state index in [-0.39, 0.29) is 34.4 Å². The van der Waals surface area contributed by atoms with Crippen molar-refractivity contribution in [2.75, 3.05) is 13.2 Å². The number of hydrogen-bond donors (Lipinski definition) is 0. The van der Waals surface area contributed by atoms with Gasteiger partial charge in [0.15, 0.2) is 5.52 Å². The molecule has 0 amide bonds. The number of hydrogen-bond acceptors (Lipinski definition) is 3. The van der Waals surface area contributed by atoms with E-state index in [1.807, 2.05) is 45.9 Å². The van der Waals surface area contributed by atoms with Gasteiger partial charge in [0.1, 0.15) is 11.5 Å². The molecule has 2 aromatic carbocycles. The molecule has 0 heterocycles. The van der Waals surface area contributed by atoms with Crippen LogP contribution in [0.2, 0.25) is 0 Å². The van der Waals surface area contributed by atoms with Crippen LogP contribution in [0.5, 0.6) is 11.5 Å². The van der Waals surface area contributed by atoms with Crippen LogP contribution in [0.25, 0.3) is 0 Å². The van der Waals surface area contributed by atoms with Gasteiger partial charge < -0.3 is 10.9 Å². The first-order valence-corrected chi connectivity index (χ1v) is 9.25. The standard InChI is InChI=1S/C20H25O3P.Li.H/c1-6-22-16-8-9-18(17(12-16)23-7-2)24-20(21)19-14(4)10-13(3)11-15(19)5;;/h8-12,24H,6-7H2,1-5H3;;/q;+1;-1. The summed E-state index contributed by atoms with van der Waals surface area (Å²) in [6.45, 7) is 11.1. The molecule has 0 radical (unpaired) electrons. The van der Waals surface area contributed by atoms with Gasteiger partial charge in [-0.25, -0.2) is 0 Å². The third-order valence-corrected chi connectivity index (χ3v) is 4.88. The largest absolute Gasteiger partial charge is 1.00 e. The van der Waals surface area contributed by atoms with Gasteiger partial charge >= 0.3 is 18.9 Å². The van der Waals surface area contributed by atoms with Gasteiger partial charge in [-0.1, -0.05) is 17.7 Å². The number of carbonyl (C=O) groups excluding carboxylic acids is 1. The number of rotatable bonds is 7. The maximum absolute atomic E-state index is 12.9. The molecule has 0 saturated carbocycles. The first-order chi connectivity index (χ1) is 11.5. The van der Waals surface area contributed by atoms with E-state index in [4.69, 9.17) is 9.47 Å². The number of ether oxygens (including phenoxy) is 2. The Hall–Kier alpha value is -1.26. The molecule has 1 atom stereocenters. The summed E-state index contributed by atoms with van der Waals surface area (Å²) in [4.78, 5) is 12.9. The average Bonchev–Trinajstić information content (AvgIpc) is 2.49. The van der Waals surface area contributed by atoms with Crippen molar-refractivity contribution in [2.24, 2.45) is 0 Å². The van der Waals surface area contributed by atoms with Gasteiger partial charge in [-0.2, -0.15) is 0 Å². The molecule has 0 saturated heterocycles. The first-order valence-electron chi connectivity index (χ1n) is 8.25. The Morgan fingerprint density at radius 1 is 1.00 bits per heavy atom. The summed E-state index contributed by atoms with van der Waals surface area (Å²) in [6, 6.07) is 9.83. The van der Waals surface area contributed by atoms with Gasteiger partial charge in [-0.15, -0.1) is 0 Å². The second-order valence-corrected chi connectivity index (χ2v) is 6.99. The summed E-state index contributed by atoms with van der Waals surface area (Å²) < 4.78 is 11.2. The van der Waals surface area contributed by atoms with Crippen LogP contribution in [-0.2, 0) is 0 Å². The summed E-state index contributed by atoms with van der Waals surface area (Å²) in [5.74, 6) is 1.50. The van der Waals surface area contributed by atoms with E-state index < -0.39 is 0 Å². The summed E-state index contributed by atoms with van der Waals surface area (Å²) in [5, 5.41) is 0.921. The van der Waals surface area contributed by atoms with Crippen LogP contribution in [0.3, 0.4) is 0 Å². The molecule has 0 aromatic heterocycles. The number of aryl methyl sites for hydroxylation is 3. The second kappa shape index (κ2) is 10.0. The maximum Gasteiger partial charge on any atom is 1.00 e. The Balaban J connectivity index is 0.00000312. The molecule has 0 bridgehead atoms. The van der Waals surface area contributed by atoms with E-state index in [1.165, 1.54) is 5.56 Å². The third kappa shape index (κ3) is 5.61. The van der Waals surface area contributed by atoms with Crippen LogP contribution in [0.4, 0.5) is 0 Å². The Kier molecular flexibility index (Phi) is 8.73. The molecule has 0 N–H and O–H groups in total. The van der Waals surface area contributed by atoms with Crippen LogP contribution in [-0.4, -0.2) is 18.7 Å². The fraction of sp³-hybridized carbons (Fsp3) is 0.350. The van der Waals surface area contributed by atoms with E-state index in [0.717, 1.165) is 33.5 Å². The van der Waals surface area contributed by atoms with Crippen molar-refractivity contribution < 1.29 is 34.6 Å². The van der Waals surface area contributed by atoms with E-state index >= 15 is 0 Å². The number of carbonyl (C=O) groups is 1. The van der Waals surface area contributed by atoms with Crippen molar-refractivity contribution in [3.05, 3.63) is 52.6 Å². The Morgan fingerprint density at radius 3 is 2.16 bits per heavy atom. The summed E-state index contributed by atoms with van der Waals surface area (Å²) >= 11 is 0. The molecule has 25 heavy (non-hydrogen) atoms. The molecule has 1 unspecified atom stereocenters. The van der Waals surface area contributed by atoms with Gasteiger partial charge in [0.2, 0.25) is 0 Å². The second-order valence-electron chi connectivity index (χ2n) is 5.75. The third-order valence-electron chi connectivity index (χ3n) is 3.72. The minimum absolute atomic E-state index is 0. The predicted molar refractivity (Wildman–Crippen MR) is 103 cm³/mol. The SMILES string of the molecule is CCOc1ccc(PC(=O)c2c(C)cc(C)cc2C)c(OCC)c1.[H-].[Li+]. The first kappa shape index (κ1) is 21.8. The Morgan fingerprint density at radius 2 is 1.60 bits per heavy atom. The average molecular weight is 352 g/mol. The van der Waals surface area contributed by atoms with Gasteiger partial charge in [-0.3, -0.25) is 4.79 Å². The predicted octanol–water partition coefficient (Wildman–Crippen LogP) is 1.67. The molecule has 0 aliphatic carbocycles. The van der Waals surface area contributed by atoms with Crippen molar-refractivity contribution in [1.82, 2.24) is 0 Å². The molecule has 5 heteroatoms. The molecule has 0 fully saturated rings. The minimum Gasteiger partial charge on any atom is -1.00 e. The van der Waals surface area contributed by atoms with E-state index in [2.05, 4.69) is 19.1 Å². The molecule has 0 aliphatic rings. The topological polar surface area (TPSA) is 35.5 Å². The Labute approximate surface area is 165 Å². The monoisotopic (exact) mass is 352 g/mol. The molecular weight excluding hydrogens is 326 g/mol. The van der Waals surface area contributed by atoms with Crippen LogP contribution in [0, 0.1) is 20.8 Å². The normalized spacial score (nSPS) is 10.6. The van der Waals surface area contributed by atoms with Crippen LogP contribution < -0.4 is 33.6 Å². The van der Waals surface area contributed by atoms with Crippen molar-refractivity contribution in [3.8, 4) is 11.5 Å². The van der Waals surface area contributed by atoms with Crippen molar-refractivity contribution in [1.29, 1.82) is 0 Å². The van der Waals surface area contributed by atoms with Gasteiger partial charge in [-0.05, 0) is 66.5 Å². The molecule has 2 rings (SSSR count). The zero-order valence-electron chi connectivity index (χ0n) is 17.0. The van der Waals surface area contributed by atoms with Crippen LogP contribution in [0.1, 0.15) is 42.3 Å². The summed E-state index contributed by atoms with van der Waals surface area (Å²) in [5.41, 5.74) is 4.23. The van der Waals surface area contributed by atoms with Gasteiger partial charge in [0, 0.05) is 16.9 Å². The van der Waals surface area contributed by atoms with E-state index in [0.29, 0.717) is 13.2 Å². The molecular formula is C20H26LiO3P. The van der Waals surface area contributed by atoms with Gasteiger partial charge in [0.25, 0.3) is 0 Å². The van der Waals surface area contributed by atoms with Crippen molar-refractivity contribution in [2.45, 2.75) is 34.6 Å². The fourth-order valence-electron chi connectivity index (χ4n) is 2.86. The van der Waals surface area contributed by atoms with Crippen LogP contribution >= 0.6 is 8.58 Å². The maximum atomic E-state index is 12.9. The minimum atomic E-state index is 0. The fourth-order valence-corrected chi connectivity index (χ4v) is 4.06. The van der Waals surface area contributed by atoms with Crippen molar-refractivity contribution >= 4 is 19.4 Å². The number of benzene rings is 2. The van der Waals surface area contributed by atoms with Crippen molar-refractivity contribution in [3.63, 3.8) is 0 Å². The summed E-state index contributed by atoms with van der Waals surface area (Å²) in [6.07, 6.45) is 0. The Bertz CT molecular complexity index is 727. The van der Waals surface area contributed by atoms with E-state index in [9.17, 15) is 4.79 Å². The molecule has 0 spiro atoms. The van der Waals surface area contributed by atoms with E-state index in [1.54, 1.807) is 0 Å². The smallest absolute Gasteiger partial charge is 1.00 e. The molecule has 2 aromatic rings. The molecule has 0 aliphatic heterocycles. The van der Waals surface area contributed by atoms with Crippen LogP contribution in [0.15, 0.2) is 30.3 Å². The zero-order valence-corrected chi connectivity index (χ0v) is 17.0. The molecule has 3 nitrogen and oxygen atoms in total. The van der Waals surface area contributed by atoms with Gasteiger partial charge in [0.05, 0.1) is 13.2 Å². The summed E-state index contributed by atoms with van der Waals surface area (Å²) in [7, 11) is 0.0329. The zero-order chi connectivity index (χ0) is 17.7. The molecule has 130 valence electrons. The quantitative estimate of drug-likeness (QED) is 0.562.